The molecular formula is C14H14N2O5. The monoisotopic (exact) mass is 290 g/mol. The molecule has 2 aromatic rings. The molecule has 0 atom stereocenters. The van der Waals surface area contributed by atoms with E-state index in [1.54, 1.807) is 6.07 Å². The molecule has 0 aliphatic rings. The highest BCUT2D eigenvalue weighted by Gasteiger charge is 2.21. The molecule has 0 aromatic heterocycles. The Kier molecular flexibility index (Phi) is 5.36. The lowest BCUT2D eigenvalue weighted by Crippen LogP contribution is -1.95. The van der Waals surface area contributed by atoms with E-state index < -0.39 is 21.2 Å². The maximum absolute atomic E-state index is 10.2. The van der Waals surface area contributed by atoms with Crippen molar-refractivity contribution in [1.29, 1.82) is 0 Å². The number of phenols is 1. The zero-order chi connectivity index (χ0) is 16.0. The van der Waals surface area contributed by atoms with E-state index in [0.29, 0.717) is 5.75 Å². The Hall–Kier alpha value is -2.96. The summed E-state index contributed by atoms with van der Waals surface area (Å²) < 4.78 is 0. The number of para-hydroxylation sites is 2. The molecule has 0 unspecified atom stereocenters. The number of nitrogens with zero attached hydrogens (tertiary/aromatic N) is 2. The number of nitro groups is 2. The third-order valence-electron chi connectivity index (χ3n) is 2.85. The summed E-state index contributed by atoms with van der Waals surface area (Å²) >= 11 is 0. The Labute approximate surface area is 120 Å². The van der Waals surface area contributed by atoms with Gasteiger partial charge in [-0.1, -0.05) is 24.3 Å². The van der Waals surface area contributed by atoms with Crippen LogP contribution in [0.1, 0.15) is 11.1 Å². The summed E-state index contributed by atoms with van der Waals surface area (Å²) in [5.41, 5.74) is 1.14. The predicted molar refractivity (Wildman–Crippen MR) is 77.3 cm³/mol. The summed E-state index contributed by atoms with van der Waals surface area (Å²) in [6.07, 6.45) is 0. The lowest BCUT2D eigenvalue weighted by atomic mass is 10.1. The lowest BCUT2D eigenvalue weighted by molar-refractivity contribution is -0.422. The van der Waals surface area contributed by atoms with Gasteiger partial charge in [-0.2, -0.15) is 0 Å². The number of benzene rings is 2. The first kappa shape index (κ1) is 16.1. The van der Waals surface area contributed by atoms with Crippen molar-refractivity contribution in [2.75, 3.05) is 0 Å². The topological polar surface area (TPSA) is 107 Å². The first-order chi connectivity index (χ1) is 9.84. The lowest BCUT2D eigenvalue weighted by Gasteiger charge is -1.99. The number of rotatable bonds is 2. The number of nitro benzene ring substituents is 2. The van der Waals surface area contributed by atoms with Crippen molar-refractivity contribution in [1.82, 2.24) is 0 Å². The predicted octanol–water partition coefficient (Wildman–Crippen LogP) is 3.51. The highest BCUT2D eigenvalue weighted by molar-refractivity contribution is 5.51. The van der Waals surface area contributed by atoms with Gasteiger partial charge in [0.15, 0.2) is 0 Å². The summed E-state index contributed by atoms with van der Waals surface area (Å²) in [4.78, 5) is 18.9. The summed E-state index contributed by atoms with van der Waals surface area (Å²) in [7, 11) is 0. The van der Waals surface area contributed by atoms with Crippen LogP contribution in [0.5, 0.6) is 5.75 Å². The maximum atomic E-state index is 10.2. The van der Waals surface area contributed by atoms with Gasteiger partial charge in [0.1, 0.15) is 5.75 Å². The number of phenolic OH excluding ortho intramolecular Hbond substituents is 1. The van der Waals surface area contributed by atoms with Crippen molar-refractivity contribution in [2.45, 2.75) is 13.8 Å². The molecule has 0 aliphatic carbocycles. The molecule has 0 spiro atoms. The Bertz CT molecular complexity index is 617. The van der Waals surface area contributed by atoms with Gasteiger partial charge in [0.25, 0.3) is 0 Å². The van der Waals surface area contributed by atoms with E-state index in [-0.39, 0.29) is 0 Å². The fourth-order valence-corrected chi connectivity index (χ4v) is 1.51. The number of aryl methyl sites for hydroxylation is 1. The average Bonchev–Trinajstić information content (AvgIpc) is 2.45. The van der Waals surface area contributed by atoms with Crippen molar-refractivity contribution < 1.29 is 15.0 Å². The molecule has 0 saturated carbocycles. The molecule has 0 saturated heterocycles. The van der Waals surface area contributed by atoms with Crippen molar-refractivity contribution in [3.63, 3.8) is 0 Å². The van der Waals surface area contributed by atoms with Gasteiger partial charge in [-0.15, -0.1) is 0 Å². The van der Waals surface area contributed by atoms with Gasteiger partial charge in [0.05, 0.1) is 9.85 Å². The third-order valence-corrected chi connectivity index (χ3v) is 2.85. The first-order valence-corrected chi connectivity index (χ1v) is 5.97. The van der Waals surface area contributed by atoms with Crippen molar-refractivity contribution >= 4 is 11.4 Å². The fraction of sp³-hybridized carbons (Fsp3) is 0.143. The minimum atomic E-state index is -0.780. The zero-order valence-corrected chi connectivity index (χ0v) is 11.5. The summed E-state index contributed by atoms with van der Waals surface area (Å²) in [6, 6.07) is 10.5. The third kappa shape index (κ3) is 4.27. The maximum Gasteiger partial charge on any atom is 0.346 e. The summed E-state index contributed by atoms with van der Waals surface area (Å²) in [5.74, 6) is 0.384. The Balaban J connectivity index is 0.000000219. The number of hydrogen-bond acceptors (Lipinski definition) is 5. The highest BCUT2D eigenvalue weighted by Crippen LogP contribution is 2.24. The van der Waals surface area contributed by atoms with Gasteiger partial charge < -0.3 is 5.11 Å². The minimum Gasteiger partial charge on any atom is -0.508 e. The summed E-state index contributed by atoms with van der Waals surface area (Å²) in [6.45, 7) is 3.89. The molecule has 0 fully saturated rings. The quantitative estimate of drug-likeness (QED) is 0.672. The second-order valence-electron chi connectivity index (χ2n) is 4.22. The van der Waals surface area contributed by atoms with Crippen LogP contribution in [0.15, 0.2) is 42.5 Å². The van der Waals surface area contributed by atoms with Gasteiger partial charge in [0, 0.05) is 12.1 Å². The molecule has 1 N–H and O–H groups in total. The van der Waals surface area contributed by atoms with E-state index in [2.05, 4.69) is 0 Å². The average molecular weight is 290 g/mol. The van der Waals surface area contributed by atoms with E-state index in [1.807, 2.05) is 26.0 Å². The van der Waals surface area contributed by atoms with Crippen molar-refractivity contribution in [2.24, 2.45) is 0 Å². The Morgan fingerprint density at radius 2 is 1.33 bits per heavy atom. The number of hydrogen-bond donors (Lipinski definition) is 1. The molecule has 0 amide bonds. The Morgan fingerprint density at radius 1 is 0.857 bits per heavy atom. The van der Waals surface area contributed by atoms with Crippen LogP contribution in [0.3, 0.4) is 0 Å². The highest BCUT2D eigenvalue weighted by atomic mass is 16.6. The van der Waals surface area contributed by atoms with Gasteiger partial charge in [-0.05, 0) is 31.0 Å². The second-order valence-corrected chi connectivity index (χ2v) is 4.22. The second kappa shape index (κ2) is 6.99. The van der Waals surface area contributed by atoms with Gasteiger partial charge >= 0.3 is 11.4 Å². The largest absolute Gasteiger partial charge is 0.508 e. The van der Waals surface area contributed by atoms with Crippen LogP contribution in [0.2, 0.25) is 0 Å². The van der Waals surface area contributed by atoms with E-state index in [0.717, 1.165) is 23.3 Å². The SMILES string of the molecule is Cc1cccc(O)c1C.O=[N+]([O-])c1ccccc1[N+](=O)[O-]. The molecule has 0 heterocycles. The standard InChI is InChI=1S/C8H10O.C6H4N2O4/c1-6-4-3-5-8(9)7(6)2;9-7(10)5-3-1-2-4-6(5)8(11)12/h3-5,9H,1-2H3;1-4H. The van der Waals surface area contributed by atoms with E-state index in [1.165, 1.54) is 12.1 Å². The minimum absolute atomic E-state index is 0.384. The van der Waals surface area contributed by atoms with E-state index in [9.17, 15) is 20.2 Å². The first-order valence-electron chi connectivity index (χ1n) is 5.97. The molecule has 0 aliphatic heterocycles. The van der Waals surface area contributed by atoms with Crippen LogP contribution >= 0.6 is 0 Å². The normalized spacial score (nSPS) is 9.43. The van der Waals surface area contributed by atoms with Crippen LogP contribution in [0.25, 0.3) is 0 Å². The molecule has 21 heavy (non-hydrogen) atoms. The van der Waals surface area contributed by atoms with Gasteiger partial charge in [-0.25, -0.2) is 0 Å². The van der Waals surface area contributed by atoms with Crippen molar-refractivity contribution in [3.05, 3.63) is 73.8 Å². The molecule has 2 rings (SSSR count). The molecule has 7 heteroatoms. The molecule has 0 radical (unpaired) electrons. The molecule has 2 aromatic carbocycles. The van der Waals surface area contributed by atoms with Crippen LogP contribution in [-0.4, -0.2) is 15.0 Å². The fourth-order valence-electron chi connectivity index (χ4n) is 1.51. The van der Waals surface area contributed by atoms with Crippen LogP contribution in [-0.2, 0) is 0 Å². The van der Waals surface area contributed by atoms with Crippen LogP contribution < -0.4 is 0 Å². The van der Waals surface area contributed by atoms with Crippen LogP contribution in [0, 0.1) is 34.1 Å². The van der Waals surface area contributed by atoms with E-state index >= 15 is 0 Å². The van der Waals surface area contributed by atoms with E-state index in [4.69, 9.17) is 5.11 Å². The van der Waals surface area contributed by atoms with Gasteiger partial charge in [0.2, 0.25) is 0 Å². The molecule has 7 nitrogen and oxygen atoms in total. The molecule has 110 valence electrons. The van der Waals surface area contributed by atoms with Gasteiger partial charge in [-0.3, -0.25) is 20.2 Å². The molecular weight excluding hydrogens is 276 g/mol. The van der Waals surface area contributed by atoms with Crippen molar-refractivity contribution in [3.8, 4) is 5.75 Å². The molecule has 0 bridgehead atoms. The summed E-state index contributed by atoms with van der Waals surface area (Å²) in [5, 5.41) is 29.6. The smallest absolute Gasteiger partial charge is 0.346 e. The Morgan fingerprint density at radius 3 is 1.67 bits per heavy atom. The van der Waals surface area contributed by atoms with Crippen LogP contribution in [0.4, 0.5) is 11.4 Å². The zero-order valence-electron chi connectivity index (χ0n) is 11.5. The number of aromatic hydroxyl groups is 1.